The second-order valence-electron chi connectivity index (χ2n) is 5.68. The van der Waals surface area contributed by atoms with Gasteiger partial charge >= 0.3 is 0 Å². The van der Waals surface area contributed by atoms with Crippen LogP contribution in [0.15, 0.2) is 23.1 Å². The van der Waals surface area contributed by atoms with Crippen LogP contribution in [0.4, 0.5) is 0 Å². The van der Waals surface area contributed by atoms with Gasteiger partial charge in [0, 0.05) is 18.1 Å². The first-order chi connectivity index (χ1) is 9.34. The lowest BCUT2D eigenvalue weighted by Crippen LogP contribution is -2.42. The molecule has 0 aromatic heterocycles. The molecule has 0 amide bonds. The monoisotopic (exact) mass is 317 g/mol. The Morgan fingerprint density at radius 1 is 1.30 bits per heavy atom. The molecule has 6 heteroatoms. The summed E-state index contributed by atoms with van der Waals surface area (Å²) in [7, 11) is -3.51. The number of hydrogen-bond acceptors (Lipinski definition) is 3. The zero-order valence-corrected chi connectivity index (χ0v) is 13.3. The Balaban J connectivity index is 2.34. The van der Waals surface area contributed by atoms with Crippen LogP contribution in [0.1, 0.15) is 25.8 Å². The standard InChI is InChI=1S/C14H20ClNO3S/c1-10-5-11(2)8-16(7-10)20(18,19)13-3-4-14(15)12(6-13)9-17/h3-4,6,10-11,17H,5,7-9H2,1-2H3. The van der Waals surface area contributed by atoms with E-state index in [0.717, 1.165) is 6.42 Å². The molecule has 1 aromatic carbocycles. The molecule has 1 aliphatic heterocycles. The van der Waals surface area contributed by atoms with E-state index in [0.29, 0.717) is 35.5 Å². The summed E-state index contributed by atoms with van der Waals surface area (Å²) in [6.07, 6.45) is 1.05. The smallest absolute Gasteiger partial charge is 0.243 e. The van der Waals surface area contributed by atoms with Gasteiger partial charge in [0.15, 0.2) is 0 Å². The molecule has 1 saturated heterocycles. The van der Waals surface area contributed by atoms with Gasteiger partial charge in [-0.25, -0.2) is 8.42 Å². The lowest BCUT2D eigenvalue weighted by molar-refractivity contribution is 0.222. The molecule has 20 heavy (non-hydrogen) atoms. The number of hydrogen-bond donors (Lipinski definition) is 1. The highest BCUT2D eigenvalue weighted by atomic mass is 35.5. The Morgan fingerprint density at radius 2 is 1.90 bits per heavy atom. The lowest BCUT2D eigenvalue weighted by Gasteiger charge is -2.34. The molecule has 2 rings (SSSR count). The van der Waals surface area contributed by atoms with Crippen molar-refractivity contribution >= 4 is 21.6 Å². The molecule has 1 aliphatic rings. The highest BCUT2D eigenvalue weighted by molar-refractivity contribution is 7.89. The van der Waals surface area contributed by atoms with Crippen molar-refractivity contribution in [2.75, 3.05) is 13.1 Å². The topological polar surface area (TPSA) is 57.6 Å². The van der Waals surface area contributed by atoms with Crippen LogP contribution in [0.2, 0.25) is 5.02 Å². The number of nitrogens with zero attached hydrogens (tertiary/aromatic N) is 1. The molecule has 1 N–H and O–H groups in total. The van der Waals surface area contributed by atoms with E-state index in [2.05, 4.69) is 13.8 Å². The Bertz CT molecular complexity index is 578. The third kappa shape index (κ3) is 3.17. The van der Waals surface area contributed by atoms with E-state index in [1.165, 1.54) is 22.5 Å². The van der Waals surface area contributed by atoms with Gasteiger partial charge < -0.3 is 5.11 Å². The first-order valence-corrected chi connectivity index (χ1v) is 8.56. The zero-order chi connectivity index (χ0) is 14.9. The Labute approximate surface area is 125 Å². The summed E-state index contributed by atoms with van der Waals surface area (Å²) in [5.41, 5.74) is 0.436. The van der Waals surface area contributed by atoms with Crippen molar-refractivity contribution < 1.29 is 13.5 Å². The Hall–Kier alpha value is -0.620. The highest BCUT2D eigenvalue weighted by Crippen LogP contribution is 2.28. The summed E-state index contributed by atoms with van der Waals surface area (Å²) in [4.78, 5) is 0.201. The third-order valence-corrected chi connectivity index (χ3v) is 5.86. The molecule has 1 heterocycles. The van der Waals surface area contributed by atoms with Gasteiger partial charge in [-0.15, -0.1) is 0 Å². The van der Waals surface area contributed by atoms with Crippen LogP contribution in [0, 0.1) is 11.8 Å². The lowest BCUT2D eigenvalue weighted by atomic mass is 9.94. The molecule has 0 radical (unpaired) electrons. The third-order valence-electron chi connectivity index (χ3n) is 3.66. The highest BCUT2D eigenvalue weighted by Gasteiger charge is 2.31. The van der Waals surface area contributed by atoms with Crippen molar-refractivity contribution in [3.63, 3.8) is 0 Å². The van der Waals surface area contributed by atoms with Gasteiger partial charge in [0.25, 0.3) is 0 Å². The summed E-state index contributed by atoms with van der Waals surface area (Å²) in [5, 5.41) is 9.59. The van der Waals surface area contributed by atoms with Crippen molar-refractivity contribution in [1.29, 1.82) is 0 Å². The fourth-order valence-electron chi connectivity index (χ4n) is 2.78. The zero-order valence-electron chi connectivity index (χ0n) is 11.7. The number of sulfonamides is 1. The van der Waals surface area contributed by atoms with Crippen LogP contribution >= 0.6 is 11.6 Å². The summed E-state index contributed by atoms with van der Waals surface area (Å²) in [5.74, 6) is 0.719. The molecule has 1 aromatic rings. The fraction of sp³-hybridized carbons (Fsp3) is 0.571. The molecular weight excluding hydrogens is 298 g/mol. The maximum absolute atomic E-state index is 12.7. The quantitative estimate of drug-likeness (QED) is 0.932. The summed E-state index contributed by atoms with van der Waals surface area (Å²) < 4.78 is 26.9. The minimum atomic E-state index is -3.51. The van der Waals surface area contributed by atoms with Crippen molar-refractivity contribution in [3.05, 3.63) is 28.8 Å². The second kappa shape index (κ2) is 6.02. The minimum Gasteiger partial charge on any atom is -0.392 e. The molecule has 2 unspecified atom stereocenters. The van der Waals surface area contributed by atoms with Gasteiger partial charge in [0.05, 0.1) is 11.5 Å². The van der Waals surface area contributed by atoms with Gasteiger partial charge in [-0.2, -0.15) is 4.31 Å². The SMILES string of the molecule is CC1CC(C)CN(S(=O)(=O)c2ccc(Cl)c(CO)c2)C1. The van der Waals surface area contributed by atoms with E-state index in [9.17, 15) is 13.5 Å². The predicted molar refractivity (Wildman–Crippen MR) is 79.1 cm³/mol. The molecule has 1 fully saturated rings. The molecule has 2 atom stereocenters. The number of aliphatic hydroxyl groups excluding tert-OH is 1. The molecule has 112 valence electrons. The van der Waals surface area contributed by atoms with E-state index >= 15 is 0 Å². The number of rotatable bonds is 3. The van der Waals surface area contributed by atoms with Crippen LogP contribution in [0.3, 0.4) is 0 Å². The largest absolute Gasteiger partial charge is 0.392 e. The van der Waals surface area contributed by atoms with Gasteiger partial charge in [-0.05, 0) is 42.0 Å². The molecule has 0 saturated carbocycles. The first kappa shape index (κ1) is 15.8. The van der Waals surface area contributed by atoms with Crippen molar-refractivity contribution in [2.45, 2.75) is 31.8 Å². The average molecular weight is 318 g/mol. The Kier molecular flexibility index (Phi) is 4.74. The van der Waals surface area contributed by atoms with Gasteiger partial charge in [-0.3, -0.25) is 0 Å². The second-order valence-corrected chi connectivity index (χ2v) is 8.02. The van der Waals surface area contributed by atoms with Crippen molar-refractivity contribution in [2.24, 2.45) is 11.8 Å². The van der Waals surface area contributed by atoms with Crippen LogP contribution in [0.25, 0.3) is 0 Å². The van der Waals surface area contributed by atoms with Crippen LogP contribution in [0.5, 0.6) is 0 Å². The molecule has 0 bridgehead atoms. The Morgan fingerprint density at radius 3 is 2.45 bits per heavy atom. The van der Waals surface area contributed by atoms with Crippen LogP contribution in [-0.4, -0.2) is 30.9 Å². The molecule has 4 nitrogen and oxygen atoms in total. The maximum Gasteiger partial charge on any atom is 0.243 e. The number of halogens is 1. The average Bonchev–Trinajstić information content (AvgIpc) is 2.37. The van der Waals surface area contributed by atoms with E-state index in [-0.39, 0.29) is 11.5 Å². The van der Waals surface area contributed by atoms with Gasteiger partial charge in [-0.1, -0.05) is 25.4 Å². The number of benzene rings is 1. The van der Waals surface area contributed by atoms with E-state index in [1.807, 2.05) is 0 Å². The van der Waals surface area contributed by atoms with Crippen LogP contribution in [-0.2, 0) is 16.6 Å². The van der Waals surface area contributed by atoms with Gasteiger partial charge in [0.1, 0.15) is 0 Å². The van der Waals surface area contributed by atoms with Crippen LogP contribution < -0.4 is 0 Å². The van der Waals surface area contributed by atoms with Crippen molar-refractivity contribution in [3.8, 4) is 0 Å². The molecule has 0 spiro atoms. The van der Waals surface area contributed by atoms with E-state index < -0.39 is 10.0 Å². The van der Waals surface area contributed by atoms with Gasteiger partial charge in [0.2, 0.25) is 10.0 Å². The van der Waals surface area contributed by atoms with Crippen molar-refractivity contribution in [1.82, 2.24) is 4.31 Å². The molecular formula is C14H20ClNO3S. The fourth-order valence-corrected chi connectivity index (χ4v) is 4.69. The number of aliphatic hydroxyl groups is 1. The summed E-state index contributed by atoms with van der Waals surface area (Å²) >= 11 is 5.91. The summed E-state index contributed by atoms with van der Waals surface area (Å²) in [6, 6.07) is 4.49. The number of piperidine rings is 1. The maximum atomic E-state index is 12.7. The first-order valence-electron chi connectivity index (χ1n) is 6.74. The predicted octanol–water partition coefficient (Wildman–Crippen LogP) is 2.50. The summed E-state index contributed by atoms with van der Waals surface area (Å²) in [6.45, 7) is 4.96. The normalized spacial score (nSPS) is 24.8. The van der Waals surface area contributed by atoms with E-state index in [4.69, 9.17) is 11.6 Å². The molecule has 0 aliphatic carbocycles. The minimum absolute atomic E-state index is 0.201. The van der Waals surface area contributed by atoms with E-state index in [1.54, 1.807) is 0 Å².